The molecule has 0 saturated carbocycles. The molecular weight excluding hydrogens is 228 g/mol. The van der Waals surface area contributed by atoms with E-state index in [-0.39, 0.29) is 11.7 Å². The van der Waals surface area contributed by atoms with Crippen LogP contribution in [0, 0.1) is 0 Å². The van der Waals surface area contributed by atoms with E-state index < -0.39 is 0 Å². The third-order valence-corrected chi connectivity index (χ3v) is 3.10. The summed E-state index contributed by atoms with van der Waals surface area (Å²) >= 11 is 0. The van der Waals surface area contributed by atoms with Gasteiger partial charge in [-0.05, 0) is 30.8 Å². The van der Waals surface area contributed by atoms with Crippen LogP contribution in [0.4, 0.5) is 0 Å². The Hall–Kier alpha value is -1.81. The standard InChI is InChI=1S/C14H18N2O2/c1-15-7-9-16(10-8-15)14(18)6-5-12-3-2-4-13(17)11-12/h2-6,11,17H,7-10H2,1H3/b6-5+. The Labute approximate surface area is 107 Å². The fourth-order valence-corrected chi connectivity index (χ4v) is 1.93. The van der Waals surface area contributed by atoms with Gasteiger partial charge in [-0.1, -0.05) is 12.1 Å². The van der Waals surface area contributed by atoms with Gasteiger partial charge in [-0.3, -0.25) is 4.79 Å². The number of benzene rings is 1. The van der Waals surface area contributed by atoms with Crippen molar-refractivity contribution >= 4 is 12.0 Å². The second-order valence-corrected chi connectivity index (χ2v) is 4.56. The van der Waals surface area contributed by atoms with Crippen LogP contribution < -0.4 is 0 Å². The van der Waals surface area contributed by atoms with E-state index in [0.29, 0.717) is 0 Å². The van der Waals surface area contributed by atoms with Gasteiger partial charge in [-0.15, -0.1) is 0 Å². The molecule has 96 valence electrons. The van der Waals surface area contributed by atoms with Crippen LogP contribution in [0.25, 0.3) is 6.08 Å². The number of piperazine rings is 1. The predicted molar refractivity (Wildman–Crippen MR) is 71.2 cm³/mol. The monoisotopic (exact) mass is 246 g/mol. The van der Waals surface area contributed by atoms with E-state index in [1.54, 1.807) is 30.4 Å². The predicted octanol–water partition coefficient (Wildman–Crippen LogP) is 1.18. The minimum Gasteiger partial charge on any atom is -0.508 e. The van der Waals surface area contributed by atoms with Gasteiger partial charge in [-0.2, -0.15) is 0 Å². The number of amides is 1. The summed E-state index contributed by atoms with van der Waals surface area (Å²) in [6.07, 6.45) is 3.31. The molecule has 0 unspecified atom stereocenters. The molecule has 1 aromatic carbocycles. The van der Waals surface area contributed by atoms with Crippen molar-refractivity contribution in [3.8, 4) is 5.75 Å². The quantitative estimate of drug-likeness (QED) is 0.797. The summed E-state index contributed by atoms with van der Waals surface area (Å²) in [6.45, 7) is 3.40. The molecule has 1 heterocycles. The van der Waals surface area contributed by atoms with Crippen molar-refractivity contribution in [1.29, 1.82) is 0 Å². The molecule has 4 nitrogen and oxygen atoms in total. The Bertz CT molecular complexity index is 449. The molecule has 1 fully saturated rings. The number of hydrogen-bond donors (Lipinski definition) is 1. The van der Waals surface area contributed by atoms with Crippen LogP contribution in [0.15, 0.2) is 30.3 Å². The van der Waals surface area contributed by atoms with Gasteiger partial charge in [0, 0.05) is 32.3 Å². The second kappa shape index (κ2) is 5.69. The number of carbonyl (C=O) groups is 1. The number of nitrogens with zero attached hydrogens (tertiary/aromatic N) is 2. The molecule has 1 amide bonds. The molecule has 0 atom stereocenters. The number of rotatable bonds is 2. The van der Waals surface area contributed by atoms with E-state index in [1.165, 1.54) is 0 Å². The average Bonchev–Trinajstić information content (AvgIpc) is 2.37. The van der Waals surface area contributed by atoms with Crippen molar-refractivity contribution in [2.24, 2.45) is 0 Å². The maximum Gasteiger partial charge on any atom is 0.246 e. The fraction of sp³-hybridized carbons (Fsp3) is 0.357. The van der Waals surface area contributed by atoms with Crippen LogP contribution in [0.2, 0.25) is 0 Å². The summed E-state index contributed by atoms with van der Waals surface area (Å²) in [4.78, 5) is 16.0. The van der Waals surface area contributed by atoms with E-state index >= 15 is 0 Å². The third-order valence-electron chi connectivity index (χ3n) is 3.10. The van der Waals surface area contributed by atoms with Gasteiger partial charge in [0.25, 0.3) is 0 Å². The van der Waals surface area contributed by atoms with Crippen molar-refractivity contribution in [3.05, 3.63) is 35.9 Å². The Balaban J connectivity index is 1.94. The van der Waals surface area contributed by atoms with Crippen LogP contribution in [0.1, 0.15) is 5.56 Å². The largest absolute Gasteiger partial charge is 0.508 e. The maximum absolute atomic E-state index is 11.9. The molecule has 1 saturated heterocycles. The molecule has 0 aliphatic carbocycles. The zero-order valence-corrected chi connectivity index (χ0v) is 10.5. The van der Waals surface area contributed by atoms with Crippen molar-refractivity contribution in [3.63, 3.8) is 0 Å². The molecule has 1 aliphatic heterocycles. The molecule has 0 spiro atoms. The number of aromatic hydroxyl groups is 1. The Morgan fingerprint density at radius 3 is 2.67 bits per heavy atom. The summed E-state index contributed by atoms with van der Waals surface area (Å²) in [5, 5.41) is 9.32. The fourth-order valence-electron chi connectivity index (χ4n) is 1.93. The van der Waals surface area contributed by atoms with Gasteiger partial charge in [0.05, 0.1) is 0 Å². The lowest BCUT2D eigenvalue weighted by molar-refractivity contribution is -0.127. The summed E-state index contributed by atoms with van der Waals surface area (Å²) in [5.74, 6) is 0.246. The van der Waals surface area contributed by atoms with E-state index in [0.717, 1.165) is 31.7 Å². The topological polar surface area (TPSA) is 43.8 Å². The molecule has 1 aliphatic rings. The number of carbonyl (C=O) groups excluding carboxylic acids is 1. The summed E-state index contributed by atoms with van der Waals surface area (Å²) in [7, 11) is 2.06. The number of phenolic OH excluding ortho intramolecular Hbond substituents is 1. The highest BCUT2D eigenvalue weighted by molar-refractivity contribution is 5.91. The van der Waals surface area contributed by atoms with Gasteiger partial charge in [0.15, 0.2) is 0 Å². The van der Waals surface area contributed by atoms with Crippen molar-refractivity contribution in [2.75, 3.05) is 33.2 Å². The number of phenols is 1. The Morgan fingerprint density at radius 1 is 1.28 bits per heavy atom. The Kier molecular flexibility index (Phi) is 3.99. The lowest BCUT2D eigenvalue weighted by atomic mass is 10.2. The zero-order valence-electron chi connectivity index (χ0n) is 10.5. The molecule has 0 radical (unpaired) electrons. The van der Waals surface area contributed by atoms with Gasteiger partial charge in [-0.25, -0.2) is 0 Å². The normalized spacial score (nSPS) is 17.3. The average molecular weight is 246 g/mol. The molecule has 4 heteroatoms. The van der Waals surface area contributed by atoms with E-state index in [4.69, 9.17) is 0 Å². The first-order chi connectivity index (χ1) is 8.65. The van der Waals surface area contributed by atoms with E-state index in [2.05, 4.69) is 11.9 Å². The lowest BCUT2D eigenvalue weighted by Gasteiger charge is -2.31. The molecule has 1 N–H and O–H groups in total. The molecule has 0 bridgehead atoms. The van der Waals surface area contributed by atoms with Gasteiger partial charge >= 0.3 is 0 Å². The highest BCUT2D eigenvalue weighted by Crippen LogP contribution is 2.12. The molecular formula is C14H18N2O2. The molecule has 0 aromatic heterocycles. The van der Waals surface area contributed by atoms with Gasteiger partial charge in [0.1, 0.15) is 5.75 Å². The first-order valence-corrected chi connectivity index (χ1v) is 6.10. The first-order valence-electron chi connectivity index (χ1n) is 6.10. The SMILES string of the molecule is CN1CCN(C(=O)/C=C/c2cccc(O)c2)CC1. The van der Waals surface area contributed by atoms with Crippen molar-refractivity contribution in [2.45, 2.75) is 0 Å². The van der Waals surface area contributed by atoms with Gasteiger partial charge < -0.3 is 14.9 Å². The first kappa shape index (κ1) is 12.6. The molecule has 2 rings (SSSR count). The second-order valence-electron chi connectivity index (χ2n) is 4.56. The smallest absolute Gasteiger partial charge is 0.246 e. The zero-order chi connectivity index (χ0) is 13.0. The minimum atomic E-state index is 0.0337. The number of likely N-dealkylation sites (N-methyl/N-ethyl adjacent to an activating group) is 1. The summed E-state index contributed by atoms with van der Waals surface area (Å²) in [5.41, 5.74) is 0.831. The van der Waals surface area contributed by atoms with Crippen LogP contribution in [-0.4, -0.2) is 54.0 Å². The lowest BCUT2D eigenvalue weighted by Crippen LogP contribution is -2.46. The summed E-state index contributed by atoms with van der Waals surface area (Å²) in [6, 6.07) is 6.86. The Morgan fingerprint density at radius 2 is 2.00 bits per heavy atom. The maximum atomic E-state index is 11.9. The number of hydrogen-bond acceptors (Lipinski definition) is 3. The van der Waals surface area contributed by atoms with Crippen LogP contribution >= 0.6 is 0 Å². The molecule has 18 heavy (non-hydrogen) atoms. The van der Waals surface area contributed by atoms with E-state index in [9.17, 15) is 9.90 Å². The summed E-state index contributed by atoms with van der Waals surface area (Å²) < 4.78 is 0. The molecule has 1 aromatic rings. The van der Waals surface area contributed by atoms with Crippen LogP contribution in [-0.2, 0) is 4.79 Å². The van der Waals surface area contributed by atoms with Crippen LogP contribution in [0.5, 0.6) is 5.75 Å². The van der Waals surface area contributed by atoms with Gasteiger partial charge in [0.2, 0.25) is 5.91 Å². The highest BCUT2D eigenvalue weighted by Gasteiger charge is 2.16. The highest BCUT2D eigenvalue weighted by atomic mass is 16.3. The third kappa shape index (κ3) is 3.34. The van der Waals surface area contributed by atoms with Crippen molar-refractivity contribution in [1.82, 2.24) is 9.80 Å². The van der Waals surface area contributed by atoms with Crippen molar-refractivity contribution < 1.29 is 9.90 Å². The van der Waals surface area contributed by atoms with Crippen LogP contribution in [0.3, 0.4) is 0 Å². The minimum absolute atomic E-state index is 0.0337. The van der Waals surface area contributed by atoms with E-state index in [1.807, 2.05) is 11.0 Å².